The van der Waals surface area contributed by atoms with Crippen LogP contribution in [0, 0.1) is 6.92 Å². The molecule has 2 unspecified atom stereocenters. The van der Waals surface area contributed by atoms with E-state index in [0.717, 1.165) is 22.6 Å². The van der Waals surface area contributed by atoms with Crippen molar-refractivity contribution in [2.75, 3.05) is 19.0 Å². The van der Waals surface area contributed by atoms with Gasteiger partial charge in [-0.1, -0.05) is 24.3 Å². The van der Waals surface area contributed by atoms with Crippen LogP contribution >= 0.6 is 0 Å². The minimum atomic E-state index is -0.334. The van der Waals surface area contributed by atoms with E-state index in [9.17, 15) is 9.59 Å². The molecule has 150 valence electrons. The van der Waals surface area contributed by atoms with Crippen LogP contribution in [0.3, 0.4) is 0 Å². The predicted octanol–water partition coefficient (Wildman–Crippen LogP) is 2.58. The van der Waals surface area contributed by atoms with Crippen molar-refractivity contribution in [1.29, 1.82) is 0 Å². The van der Waals surface area contributed by atoms with Crippen molar-refractivity contribution < 1.29 is 14.3 Å². The minimum absolute atomic E-state index is 0.0131. The van der Waals surface area contributed by atoms with Crippen molar-refractivity contribution in [1.82, 2.24) is 15.3 Å². The number of anilines is 1. The van der Waals surface area contributed by atoms with Crippen LogP contribution in [-0.4, -0.2) is 41.4 Å². The molecule has 7 heteroatoms. The van der Waals surface area contributed by atoms with E-state index in [-0.39, 0.29) is 30.4 Å². The highest BCUT2D eigenvalue weighted by Gasteiger charge is 2.40. The molecule has 0 saturated carbocycles. The van der Waals surface area contributed by atoms with E-state index in [4.69, 9.17) is 4.74 Å². The topological polar surface area (TPSA) is 73.9 Å². The first-order valence-corrected chi connectivity index (χ1v) is 9.57. The predicted molar refractivity (Wildman–Crippen MR) is 110 cm³/mol. The molecule has 2 aromatic rings. The summed E-state index contributed by atoms with van der Waals surface area (Å²) >= 11 is 0. The number of ether oxygens (including phenoxy) is 1. The normalized spacial score (nSPS) is 20.6. The number of benzene rings is 2. The Morgan fingerprint density at radius 2 is 2.00 bits per heavy atom. The first kappa shape index (κ1) is 19.0. The Hall–Kier alpha value is -3.32. The van der Waals surface area contributed by atoms with Crippen molar-refractivity contribution in [2.24, 2.45) is 0 Å². The minimum Gasteiger partial charge on any atom is -0.497 e. The number of fused-ring (bicyclic) bond motifs is 1. The van der Waals surface area contributed by atoms with Crippen LogP contribution in [0.5, 0.6) is 5.75 Å². The SMILES string of the molecule is COc1ccc(C2CC3C(=O)N(CC(=O)Nc4cccc(C)c4)C=CN3N2)cc1. The Labute approximate surface area is 169 Å². The Balaban J connectivity index is 1.39. The summed E-state index contributed by atoms with van der Waals surface area (Å²) in [7, 11) is 1.64. The van der Waals surface area contributed by atoms with Gasteiger partial charge < -0.3 is 20.0 Å². The molecule has 2 aliphatic heterocycles. The number of hydrazine groups is 1. The van der Waals surface area contributed by atoms with Crippen LogP contribution in [0.25, 0.3) is 0 Å². The highest BCUT2D eigenvalue weighted by molar-refractivity contribution is 5.96. The van der Waals surface area contributed by atoms with Crippen molar-refractivity contribution in [3.05, 3.63) is 72.1 Å². The molecule has 0 aliphatic carbocycles. The van der Waals surface area contributed by atoms with Crippen molar-refractivity contribution in [3.63, 3.8) is 0 Å². The first-order valence-electron chi connectivity index (χ1n) is 9.57. The number of amides is 2. The fraction of sp³-hybridized carbons (Fsp3) is 0.273. The maximum atomic E-state index is 12.9. The van der Waals surface area contributed by atoms with E-state index in [0.29, 0.717) is 6.42 Å². The summed E-state index contributed by atoms with van der Waals surface area (Å²) in [5.41, 5.74) is 6.24. The lowest BCUT2D eigenvalue weighted by Crippen LogP contribution is -2.49. The molecular weight excluding hydrogens is 368 g/mol. The highest BCUT2D eigenvalue weighted by Crippen LogP contribution is 2.31. The van der Waals surface area contributed by atoms with Crippen molar-refractivity contribution in [3.8, 4) is 5.75 Å². The smallest absolute Gasteiger partial charge is 0.251 e. The number of nitrogens with zero attached hydrogens (tertiary/aromatic N) is 2. The number of carbonyl (C=O) groups is 2. The third-order valence-electron chi connectivity index (χ3n) is 5.21. The van der Waals surface area contributed by atoms with E-state index in [1.807, 2.05) is 66.7 Å². The van der Waals surface area contributed by atoms with Gasteiger partial charge in [0.25, 0.3) is 5.91 Å². The number of aryl methyl sites for hydroxylation is 1. The fourth-order valence-electron chi connectivity index (χ4n) is 3.70. The summed E-state index contributed by atoms with van der Waals surface area (Å²) in [6, 6.07) is 15.1. The van der Waals surface area contributed by atoms with E-state index >= 15 is 0 Å². The zero-order valence-electron chi connectivity index (χ0n) is 16.5. The Kier molecular flexibility index (Phi) is 5.22. The molecule has 0 spiro atoms. The van der Waals surface area contributed by atoms with Gasteiger partial charge in [0, 0.05) is 18.1 Å². The average molecular weight is 392 g/mol. The summed E-state index contributed by atoms with van der Waals surface area (Å²) in [4.78, 5) is 26.8. The number of hydrogen-bond donors (Lipinski definition) is 2. The molecule has 0 aromatic heterocycles. The van der Waals surface area contributed by atoms with Crippen LogP contribution < -0.4 is 15.5 Å². The number of methoxy groups -OCH3 is 1. The van der Waals surface area contributed by atoms with Gasteiger partial charge in [-0.15, -0.1) is 0 Å². The number of nitrogens with one attached hydrogen (secondary N) is 2. The van der Waals surface area contributed by atoms with Crippen molar-refractivity contribution in [2.45, 2.75) is 25.4 Å². The van der Waals surface area contributed by atoms with E-state index in [2.05, 4.69) is 10.7 Å². The molecule has 1 fully saturated rings. The molecule has 0 bridgehead atoms. The number of carbonyl (C=O) groups excluding carboxylic acids is 2. The third kappa shape index (κ3) is 4.09. The zero-order chi connectivity index (χ0) is 20.4. The molecule has 2 aliphatic rings. The van der Waals surface area contributed by atoms with Crippen LogP contribution in [0.15, 0.2) is 60.9 Å². The highest BCUT2D eigenvalue weighted by atomic mass is 16.5. The summed E-state index contributed by atoms with van der Waals surface area (Å²) in [5.74, 6) is 0.487. The summed E-state index contributed by atoms with van der Waals surface area (Å²) in [5, 5.41) is 4.67. The van der Waals surface area contributed by atoms with Crippen LogP contribution in [-0.2, 0) is 9.59 Å². The molecule has 29 heavy (non-hydrogen) atoms. The standard InChI is InChI=1S/C22H24N4O3/c1-15-4-3-5-17(12-15)23-21(27)14-25-10-11-26-20(22(25)28)13-19(24-26)16-6-8-18(29-2)9-7-16/h3-12,19-20,24H,13-14H2,1-2H3,(H,23,27). The van der Waals surface area contributed by atoms with Gasteiger partial charge in [0.1, 0.15) is 18.3 Å². The summed E-state index contributed by atoms with van der Waals surface area (Å²) in [6.45, 7) is 1.95. The summed E-state index contributed by atoms with van der Waals surface area (Å²) < 4.78 is 5.20. The molecule has 2 heterocycles. The Bertz CT molecular complexity index is 941. The number of rotatable bonds is 5. The summed E-state index contributed by atoms with van der Waals surface area (Å²) in [6.07, 6.45) is 4.10. The molecule has 2 amide bonds. The number of hydrogen-bond acceptors (Lipinski definition) is 5. The molecule has 2 N–H and O–H groups in total. The fourth-order valence-corrected chi connectivity index (χ4v) is 3.70. The third-order valence-corrected chi connectivity index (χ3v) is 5.21. The Morgan fingerprint density at radius 1 is 1.21 bits per heavy atom. The second-order valence-corrected chi connectivity index (χ2v) is 7.30. The van der Waals surface area contributed by atoms with Crippen LogP contribution in [0.1, 0.15) is 23.6 Å². The zero-order valence-corrected chi connectivity index (χ0v) is 16.5. The first-order chi connectivity index (χ1) is 14.0. The molecule has 2 aromatic carbocycles. The second-order valence-electron chi connectivity index (χ2n) is 7.30. The molecule has 0 radical (unpaired) electrons. The molecule has 7 nitrogen and oxygen atoms in total. The molecular formula is C22H24N4O3. The van der Waals surface area contributed by atoms with Gasteiger partial charge in [0.2, 0.25) is 5.91 Å². The largest absolute Gasteiger partial charge is 0.497 e. The molecule has 4 rings (SSSR count). The lowest BCUT2D eigenvalue weighted by Gasteiger charge is -2.31. The van der Waals surface area contributed by atoms with Gasteiger partial charge in [0.05, 0.1) is 13.2 Å². The van der Waals surface area contributed by atoms with Crippen molar-refractivity contribution >= 4 is 17.5 Å². The van der Waals surface area contributed by atoms with Gasteiger partial charge in [-0.3, -0.25) is 9.59 Å². The average Bonchev–Trinajstić information content (AvgIpc) is 3.15. The van der Waals surface area contributed by atoms with Gasteiger partial charge >= 0.3 is 0 Å². The van der Waals surface area contributed by atoms with Crippen LogP contribution in [0.2, 0.25) is 0 Å². The quantitative estimate of drug-likeness (QED) is 0.818. The molecule has 1 saturated heterocycles. The maximum absolute atomic E-state index is 12.9. The molecule has 2 atom stereocenters. The van der Waals surface area contributed by atoms with Gasteiger partial charge in [0.15, 0.2) is 0 Å². The van der Waals surface area contributed by atoms with Crippen LogP contribution in [0.4, 0.5) is 5.69 Å². The van der Waals surface area contributed by atoms with Gasteiger partial charge in [-0.25, -0.2) is 5.43 Å². The lowest BCUT2D eigenvalue weighted by molar-refractivity contribution is -0.137. The second kappa shape index (κ2) is 7.97. The van der Waals surface area contributed by atoms with Gasteiger partial charge in [-0.05, 0) is 48.7 Å². The lowest BCUT2D eigenvalue weighted by atomic mass is 10.0. The van der Waals surface area contributed by atoms with E-state index < -0.39 is 0 Å². The maximum Gasteiger partial charge on any atom is 0.251 e. The monoisotopic (exact) mass is 392 g/mol. The van der Waals surface area contributed by atoms with Gasteiger partial charge in [-0.2, -0.15) is 0 Å². The van der Waals surface area contributed by atoms with E-state index in [1.54, 1.807) is 13.3 Å². The Morgan fingerprint density at radius 3 is 2.72 bits per heavy atom. The van der Waals surface area contributed by atoms with E-state index in [1.165, 1.54) is 4.90 Å².